The van der Waals surface area contributed by atoms with E-state index in [9.17, 15) is 9.90 Å². The Kier molecular flexibility index (Phi) is 3.02. The quantitative estimate of drug-likeness (QED) is 0.524. The molecule has 0 aliphatic carbocycles. The first-order valence-electron chi connectivity index (χ1n) is 3.43. The molecule has 0 aromatic rings. The van der Waals surface area contributed by atoms with E-state index in [-0.39, 0.29) is 0 Å². The van der Waals surface area contributed by atoms with E-state index in [1.165, 1.54) is 0 Å². The van der Waals surface area contributed by atoms with Gasteiger partial charge in [-0.3, -0.25) is 4.79 Å². The van der Waals surface area contributed by atoms with Crippen LogP contribution < -0.4 is 5.73 Å². The van der Waals surface area contributed by atoms with Gasteiger partial charge in [0.2, 0.25) is 0 Å². The van der Waals surface area contributed by atoms with Crippen molar-refractivity contribution < 1.29 is 15.0 Å². The molecule has 11 heavy (non-hydrogen) atoms. The number of hydrogen-bond acceptors (Lipinski definition) is 3. The van der Waals surface area contributed by atoms with Crippen LogP contribution in [0.3, 0.4) is 0 Å². The summed E-state index contributed by atoms with van der Waals surface area (Å²) in [6.45, 7) is 5.21. The topological polar surface area (TPSA) is 83.5 Å². The van der Waals surface area contributed by atoms with Gasteiger partial charge in [-0.15, -0.1) is 0 Å². The third-order valence-electron chi connectivity index (χ3n) is 1.51. The second-order valence-electron chi connectivity index (χ2n) is 3.67. The summed E-state index contributed by atoms with van der Waals surface area (Å²) in [6, 6.07) is -1.20. The Balaban J connectivity index is 4.25. The second kappa shape index (κ2) is 3.19. The van der Waals surface area contributed by atoms with Crippen LogP contribution in [0.15, 0.2) is 0 Å². The van der Waals surface area contributed by atoms with E-state index in [2.05, 4.69) is 0 Å². The monoisotopic (exact) mass is 161 g/mol. The molecule has 0 saturated carbocycles. The number of aliphatic carboxylic acids is 1. The minimum absolute atomic E-state index is 0.488. The highest BCUT2D eigenvalue weighted by Gasteiger charge is 2.32. The average Bonchev–Trinajstić information content (AvgIpc) is 1.82. The fourth-order valence-corrected chi connectivity index (χ4v) is 0.674. The first-order valence-corrected chi connectivity index (χ1v) is 3.43. The first kappa shape index (κ1) is 10.4. The number of aliphatic hydroxyl groups is 1. The van der Waals surface area contributed by atoms with Crippen molar-refractivity contribution in [3.8, 4) is 0 Å². The molecule has 0 aliphatic heterocycles. The lowest BCUT2D eigenvalue weighted by molar-refractivity contribution is -0.143. The molecule has 4 nitrogen and oxygen atoms in total. The Morgan fingerprint density at radius 3 is 1.91 bits per heavy atom. The van der Waals surface area contributed by atoms with Crippen LogP contribution in [0.25, 0.3) is 0 Å². The van der Waals surface area contributed by atoms with Crippen molar-refractivity contribution in [1.29, 1.82) is 0 Å². The first-order chi connectivity index (χ1) is 4.76. The van der Waals surface area contributed by atoms with Crippen molar-refractivity contribution in [2.45, 2.75) is 32.9 Å². The van der Waals surface area contributed by atoms with E-state index in [1.807, 2.05) is 0 Å². The summed E-state index contributed by atoms with van der Waals surface area (Å²) in [5.41, 5.74) is 4.71. The number of rotatable bonds is 2. The van der Waals surface area contributed by atoms with E-state index < -0.39 is 23.5 Å². The molecule has 66 valence electrons. The van der Waals surface area contributed by atoms with Crippen LogP contribution in [0.2, 0.25) is 0 Å². The van der Waals surface area contributed by atoms with Crippen molar-refractivity contribution in [2.75, 3.05) is 0 Å². The number of carbonyl (C=O) groups is 1. The third-order valence-corrected chi connectivity index (χ3v) is 1.51. The zero-order valence-electron chi connectivity index (χ0n) is 7.03. The van der Waals surface area contributed by atoms with Gasteiger partial charge in [-0.25, -0.2) is 0 Å². The maximum atomic E-state index is 10.3. The van der Waals surface area contributed by atoms with Crippen LogP contribution in [0.5, 0.6) is 0 Å². The van der Waals surface area contributed by atoms with Gasteiger partial charge in [-0.05, 0) is 5.41 Å². The van der Waals surface area contributed by atoms with Crippen LogP contribution in [0, 0.1) is 5.41 Å². The number of hydrogen-bond donors (Lipinski definition) is 3. The van der Waals surface area contributed by atoms with E-state index in [1.54, 1.807) is 20.8 Å². The lowest BCUT2D eigenvalue weighted by atomic mass is 9.85. The van der Waals surface area contributed by atoms with Gasteiger partial charge in [0.15, 0.2) is 0 Å². The molecule has 0 amide bonds. The van der Waals surface area contributed by atoms with Gasteiger partial charge in [-0.1, -0.05) is 20.8 Å². The van der Waals surface area contributed by atoms with Gasteiger partial charge < -0.3 is 15.9 Å². The van der Waals surface area contributed by atoms with Gasteiger partial charge in [0.1, 0.15) is 6.04 Å². The molecule has 4 N–H and O–H groups in total. The van der Waals surface area contributed by atoms with Crippen molar-refractivity contribution in [1.82, 2.24) is 0 Å². The molecule has 0 aliphatic rings. The molecule has 0 rings (SSSR count). The summed E-state index contributed by atoms with van der Waals surface area (Å²) in [5, 5.41) is 17.7. The zero-order valence-corrected chi connectivity index (χ0v) is 7.03. The van der Waals surface area contributed by atoms with Crippen LogP contribution in [0.4, 0.5) is 0 Å². The highest BCUT2D eigenvalue weighted by molar-refractivity contribution is 5.74. The molecule has 0 saturated heterocycles. The normalized spacial score (nSPS) is 17.5. The lowest BCUT2D eigenvalue weighted by Crippen LogP contribution is -2.48. The summed E-state index contributed by atoms with van der Waals surface area (Å²) in [4.78, 5) is 10.3. The molecule has 2 unspecified atom stereocenters. The Hall–Kier alpha value is -0.610. The van der Waals surface area contributed by atoms with Gasteiger partial charge >= 0.3 is 5.97 Å². The molecule has 0 aromatic heterocycles. The summed E-state index contributed by atoms with van der Waals surface area (Å²) >= 11 is 0. The molecule has 4 heteroatoms. The standard InChI is InChI=1S/C7H15NO3/c1-7(2,3)5(9)4(8)6(10)11/h4-5,9H,8H2,1-3H3,(H,10,11). The summed E-state index contributed by atoms with van der Waals surface area (Å²) in [5.74, 6) is -1.17. The summed E-state index contributed by atoms with van der Waals surface area (Å²) in [6.07, 6.45) is -1.01. The summed E-state index contributed by atoms with van der Waals surface area (Å²) < 4.78 is 0. The molecular formula is C7H15NO3. The number of carboxylic acid groups (broad SMARTS) is 1. The van der Waals surface area contributed by atoms with Crippen molar-refractivity contribution in [2.24, 2.45) is 11.1 Å². The van der Waals surface area contributed by atoms with Gasteiger partial charge in [0.25, 0.3) is 0 Å². The van der Waals surface area contributed by atoms with E-state index in [4.69, 9.17) is 10.8 Å². The Bertz CT molecular complexity index is 150. The number of nitrogens with two attached hydrogens (primary N) is 1. The van der Waals surface area contributed by atoms with Gasteiger partial charge in [-0.2, -0.15) is 0 Å². The molecule has 0 bridgehead atoms. The highest BCUT2D eigenvalue weighted by Crippen LogP contribution is 2.20. The highest BCUT2D eigenvalue weighted by atomic mass is 16.4. The number of aliphatic hydroxyl groups excluding tert-OH is 1. The maximum absolute atomic E-state index is 10.3. The van der Waals surface area contributed by atoms with Crippen LogP contribution in [-0.4, -0.2) is 28.3 Å². The van der Waals surface area contributed by atoms with E-state index in [0.717, 1.165) is 0 Å². The minimum atomic E-state index is -1.20. The third kappa shape index (κ3) is 2.86. The smallest absolute Gasteiger partial charge is 0.323 e. The van der Waals surface area contributed by atoms with Crippen LogP contribution in [-0.2, 0) is 4.79 Å². The molecule has 2 atom stereocenters. The molecule has 0 radical (unpaired) electrons. The fraction of sp³-hybridized carbons (Fsp3) is 0.857. The van der Waals surface area contributed by atoms with E-state index >= 15 is 0 Å². The minimum Gasteiger partial charge on any atom is -0.480 e. The fourth-order valence-electron chi connectivity index (χ4n) is 0.674. The zero-order chi connectivity index (χ0) is 9.23. The van der Waals surface area contributed by atoms with Crippen molar-refractivity contribution in [3.63, 3.8) is 0 Å². The molecule has 0 aromatic carbocycles. The molecule has 0 spiro atoms. The average molecular weight is 161 g/mol. The Morgan fingerprint density at radius 1 is 1.45 bits per heavy atom. The molecule has 0 fully saturated rings. The summed E-state index contributed by atoms with van der Waals surface area (Å²) in [7, 11) is 0. The van der Waals surface area contributed by atoms with Crippen molar-refractivity contribution >= 4 is 5.97 Å². The maximum Gasteiger partial charge on any atom is 0.323 e. The van der Waals surface area contributed by atoms with Crippen LogP contribution in [0.1, 0.15) is 20.8 Å². The number of carboxylic acids is 1. The predicted molar refractivity (Wildman–Crippen MR) is 41.1 cm³/mol. The second-order valence-corrected chi connectivity index (χ2v) is 3.67. The molecular weight excluding hydrogens is 146 g/mol. The Labute approximate surface area is 66.0 Å². The van der Waals surface area contributed by atoms with Gasteiger partial charge in [0, 0.05) is 0 Å². The predicted octanol–water partition coefficient (Wildman–Crippen LogP) is -0.195. The molecule has 0 heterocycles. The lowest BCUT2D eigenvalue weighted by Gasteiger charge is -2.28. The van der Waals surface area contributed by atoms with Crippen LogP contribution >= 0.6 is 0 Å². The van der Waals surface area contributed by atoms with E-state index in [0.29, 0.717) is 0 Å². The largest absolute Gasteiger partial charge is 0.480 e. The SMILES string of the molecule is CC(C)(C)C(O)C(N)C(=O)O. The van der Waals surface area contributed by atoms with Crippen molar-refractivity contribution in [3.05, 3.63) is 0 Å². The Morgan fingerprint density at radius 2 is 1.82 bits per heavy atom. The van der Waals surface area contributed by atoms with Gasteiger partial charge in [0.05, 0.1) is 6.10 Å².